The van der Waals surface area contributed by atoms with Crippen LogP contribution in [0.2, 0.25) is 0 Å². The molecule has 1 nitrogen and oxygen atoms in total. The van der Waals surface area contributed by atoms with Crippen molar-refractivity contribution in [2.45, 2.75) is 71.6 Å². The number of aryl methyl sites for hydroxylation is 2. The van der Waals surface area contributed by atoms with Crippen LogP contribution in [0.25, 0.3) is 0 Å². The van der Waals surface area contributed by atoms with Crippen LogP contribution in [0.3, 0.4) is 0 Å². The van der Waals surface area contributed by atoms with Gasteiger partial charge in [0.1, 0.15) is 0 Å². The van der Waals surface area contributed by atoms with Crippen molar-refractivity contribution in [1.82, 2.24) is 0 Å². The third-order valence-electron chi connectivity index (χ3n) is 6.50. The van der Waals surface area contributed by atoms with E-state index in [0.717, 1.165) is 5.92 Å². The summed E-state index contributed by atoms with van der Waals surface area (Å²) >= 11 is 1.91. The second-order valence-corrected chi connectivity index (χ2v) is 9.57. The quantitative estimate of drug-likeness (QED) is 0.618. The fraction of sp³-hybridized carbons (Fsp3) is 0.565. The predicted molar refractivity (Wildman–Crippen MR) is 109 cm³/mol. The molecule has 132 valence electrons. The Morgan fingerprint density at radius 2 is 1.68 bits per heavy atom. The Balaban J connectivity index is 1.37. The van der Waals surface area contributed by atoms with Gasteiger partial charge in [0, 0.05) is 11.3 Å². The van der Waals surface area contributed by atoms with Crippen LogP contribution < -0.4 is 4.72 Å². The predicted octanol–water partition coefficient (Wildman–Crippen LogP) is 6.37. The first-order valence-corrected chi connectivity index (χ1v) is 11.0. The molecule has 1 aromatic rings. The molecule has 25 heavy (non-hydrogen) atoms. The standard InChI is InChI=1S/C23H29NS/c1-14(2)21-12-18(13-22(21)15-9-10-15)25-24-23-19-7-3-5-16(19)11-17-6-4-8-20(17)23/h11-12,14-15,24H,3-10,13H2,1-2H3. The molecule has 1 saturated carbocycles. The molecule has 0 spiro atoms. The summed E-state index contributed by atoms with van der Waals surface area (Å²) in [6.07, 6.45) is 14.3. The Bertz CT molecular complexity index is 748. The van der Waals surface area contributed by atoms with Crippen molar-refractivity contribution in [3.8, 4) is 0 Å². The molecule has 0 unspecified atom stereocenters. The second kappa shape index (κ2) is 6.23. The smallest absolute Gasteiger partial charge is 0.0512 e. The molecule has 4 aliphatic rings. The first-order valence-electron chi connectivity index (χ1n) is 10.2. The average molecular weight is 352 g/mol. The van der Waals surface area contributed by atoms with Crippen LogP contribution in [0.1, 0.15) is 68.2 Å². The van der Waals surface area contributed by atoms with Crippen molar-refractivity contribution in [3.63, 3.8) is 0 Å². The van der Waals surface area contributed by atoms with E-state index in [1.54, 1.807) is 33.4 Å². The number of nitrogens with one attached hydrogen (secondary N) is 1. The summed E-state index contributed by atoms with van der Waals surface area (Å²) in [4.78, 5) is 1.54. The number of benzene rings is 1. The lowest BCUT2D eigenvalue weighted by atomic mass is 9.97. The van der Waals surface area contributed by atoms with E-state index in [2.05, 4.69) is 30.7 Å². The van der Waals surface area contributed by atoms with Gasteiger partial charge in [-0.1, -0.05) is 25.5 Å². The van der Waals surface area contributed by atoms with Crippen LogP contribution in [0.4, 0.5) is 5.69 Å². The van der Waals surface area contributed by atoms with Gasteiger partial charge >= 0.3 is 0 Å². The van der Waals surface area contributed by atoms with E-state index in [1.165, 1.54) is 68.4 Å². The van der Waals surface area contributed by atoms with Crippen LogP contribution in [0.15, 0.2) is 28.2 Å². The van der Waals surface area contributed by atoms with E-state index in [9.17, 15) is 0 Å². The minimum absolute atomic E-state index is 0.666. The van der Waals surface area contributed by atoms with Crippen molar-refractivity contribution in [2.24, 2.45) is 11.8 Å². The maximum atomic E-state index is 3.85. The Morgan fingerprint density at radius 1 is 1.00 bits per heavy atom. The Labute approximate surface area is 156 Å². The zero-order valence-electron chi connectivity index (χ0n) is 15.6. The van der Waals surface area contributed by atoms with Gasteiger partial charge in [0.25, 0.3) is 0 Å². The highest BCUT2D eigenvalue weighted by atomic mass is 32.2. The van der Waals surface area contributed by atoms with Gasteiger partial charge in [0.05, 0.1) is 5.69 Å². The molecule has 0 saturated heterocycles. The average Bonchev–Trinajstić information content (AvgIpc) is 3.01. The van der Waals surface area contributed by atoms with Crippen LogP contribution in [0, 0.1) is 11.8 Å². The molecule has 0 aromatic heterocycles. The normalized spacial score (nSPS) is 21.8. The number of allylic oxidation sites excluding steroid dienone is 4. The highest BCUT2D eigenvalue weighted by molar-refractivity contribution is 8.04. The topological polar surface area (TPSA) is 12.0 Å². The summed E-state index contributed by atoms with van der Waals surface area (Å²) in [5.74, 6) is 1.57. The van der Waals surface area contributed by atoms with E-state index in [-0.39, 0.29) is 0 Å². The third kappa shape index (κ3) is 2.87. The largest absolute Gasteiger partial charge is 0.325 e. The molecule has 0 aliphatic heterocycles. The SMILES string of the molecule is CC(C)C1=C(C2CC2)CC(SNc2c3c(cc4c2CCC4)CCC3)=C1. The summed E-state index contributed by atoms with van der Waals surface area (Å²) < 4.78 is 3.85. The fourth-order valence-electron chi connectivity index (χ4n) is 5.08. The maximum Gasteiger partial charge on any atom is 0.0512 e. The number of hydrogen-bond donors (Lipinski definition) is 1. The zero-order chi connectivity index (χ0) is 17.0. The van der Waals surface area contributed by atoms with Crippen LogP contribution in [-0.4, -0.2) is 0 Å². The molecule has 1 aromatic carbocycles. The van der Waals surface area contributed by atoms with Crippen molar-refractivity contribution in [2.75, 3.05) is 4.72 Å². The maximum absolute atomic E-state index is 3.85. The zero-order valence-corrected chi connectivity index (χ0v) is 16.4. The number of rotatable bonds is 5. The monoisotopic (exact) mass is 351 g/mol. The lowest BCUT2D eigenvalue weighted by molar-refractivity contribution is 0.765. The first-order chi connectivity index (χ1) is 12.2. The van der Waals surface area contributed by atoms with Crippen molar-refractivity contribution in [1.29, 1.82) is 0 Å². The molecule has 2 heteroatoms. The van der Waals surface area contributed by atoms with Gasteiger partial charge < -0.3 is 4.72 Å². The van der Waals surface area contributed by atoms with Crippen LogP contribution in [0.5, 0.6) is 0 Å². The molecule has 0 bridgehead atoms. The Kier molecular flexibility index (Phi) is 4.00. The Hall–Kier alpha value is -1.15. The summed E-state index contributed by atoms with van der Waals surface area (Å²) in [6.45, 7) is 4.71. The fourth-order valence-corrected chi connectivity index (χ4v) is 5.97. The number of fused-ring (bicyclic) bond motifs is 2. The molecule has 0 heterocycles. The molecular formula is C23H29NS. The van der Waals surface area contributed by atoms with E-state index in [1.807, 2.05) is 11.9 Å². The highest BCUT2D eigenvalue weighted by Gasteiger charge is 2.32. The summed E-state index contributed by atoms with van der Waals surface area (Å²) in [7, 11) is 0. The van der Waals surface area contributed by atoms with Crippen molar-refractivity contribution >= 4 is 17.6 Å². The first kappa shape index (κ1) is 16.1. The molecule has 5 rings (SSSR count). The van der Waals surface area contributed by atoms with Gasteiger partial charge in [0.2, 0.25) is 0 Å². The molecule has 0 amide bonds. The second-order valence-electron chi connectivity index (χ2n) is 8.64. The van der Waals surface area contributed by atoms with E-state index >= 15 is 0 Å². The summed E-state index contributed by atoms with van der Waals surface area (Å²) in [5.41, 5.74) is 11.4. The van der Waals surface area contributed by atoms with E-state index < -0.39 is 0 Å². The van der Waals surface area contributed by atoms with Crippen molar-refractivity contribution in [3.05, 3.63) is 50.4 Å². The van der Waals surface area contributed by atoms with Gasteiger partial charge in [0.15, 0.2) is 0 Å². The van der Waals surface area contributed by atoms with Crippen molar-refractivity contribution < 1.29 is 0 Å². The molecular weight excluding hydrogens is 322 g/mol. The van der Waals surface area contributed by atoms with Gasteiger partial charge in [-0.2, -0.15) is 0 Å². The third-order valence-corrected chi connectivity index (χ3v) is 7.33. The minimum Gasteiger partial charge on any atom is -0.325 e. The lowest BCUT2D eigenvalue weighted by Gasteiger charge is -2.16. The van der Waals surface area contributed by atoms with Crippen LogP contribution >= 0.6 is 11.9 Å². The van der Waals surface area contributed by atoms with Crippen LogP contribution in [-0.2, 0) is 25.7 Å². The molecule has 1 fully saturated rings. The van der Waals surface area contributed by atoms with E-state index in [0.29, 0.717) is 5.92 Å². The molecule has 0 atom stereocenters. The lowest BCUT2D eigenvalue weighted by Crippen LogP contribution is -2.00. The van der Waals surface area contributed by atoms with Gasteiger partial charge in [-0.15, -0.1) is 0 Å². The minimum atomic E-state index is 0.666. The van der Waals surface area contributed by atoms with Gasteiger partial charge in [-0.05, 0) is 109 Å². The summed E-state index contributed by atoms with van der Waals surface area (Å²) in [5, 5.41) is 0. The van der Waals surface area contributed by atoms with E-state index in [4.69, 9.17) is 0 Å². The molecule has 4 aliphatic carbocycles. The van der Waals surface area contributed by atoms with Gasteiger partial charge in [-0.3, -0.25) is 0 Å². The number of anilines is 1. The number of hydrogen-bond acceptors (Lipinski definition) is 2. The molecule has 1 N–H and O–H groups in total. The Morgan fingerprint density at radius 3 is 2.28 bits per heavy atom. The van der Waals surface area contributed by atoms with Gasteiger partial charge in [-0.25, -0.2) is 0 Å². The highest BCUT2D eigenvalue weighted by Crippen LogP contribution is 2.48. The molecule has 0 radical (unpaired) electrons. The summed E-state index contributed by atoms with van der Waals surface area (Å²) in [6, 6.07) is 2.53.